The Morgan fingerprint density at radius 2 is 2.23 bits per heavy atom. The van der Waals surface area contributed by atoms with Gasteiger partial charge >= 0.3 is 0 Å². The van der Waals surface area contributed by atoms with Crippen molar-refractivity contribution in [2.24, 2.45) is 23.5 Å². The second-order valence-electron chi connectivity index (χ2n) is 4.84. The van der Waals surface area contributed by atoms with Crippen molar-refractivity contribution in [1.29, 1.82) is 0 Å². The van der Waals surface area contributed by atoms with E-state index in [2.05, 4.69) is 5.92 Å². The Bertz CT molecular complexity index is 216. The van der Waals surface area contributed by atoms with E-state index in [0.717, 1.165) is 24.2 Å². The number of hydrogen-bond acceptors (Lipinski definition) is 1. The second-order valence-corrected chi connectivity index (χ2v) is 4.84. The van der Waals surface area contributed by atoms with Crippen LogP contribution in [0, 0.1) is 30.1 Å². The summed E-state index contributed by atoms with van der Waals surface area (Å²) in [6, 6.07) is 0.259. The fourth-order valence-corrected chi connectivity index (χ4v) is 3.29. The molecule has 13 heavy (non-hydrogen) atoms. The van der Waals surface area contributed by atoms with Crippen molar-refractivity contribution in [3.05, 3.63) is 0 Å². The second kappa shape index (κ2) is 3.72. The summed E-state index contributed by atoms with van der Waals surface area (Å²) in [5.41, 5.74) is 5.95. The van der Waals surface area contributed by atoms with Gasteiger partial charge in [0, 0.05) is 12.5 Å². The Kier molecular flexibility index (Phi) is 2.60. The fraction of sp³-hybridized carbons (Fsp3) is 0.833. The van der Waals surface area contributed by atoms with Gasteiger partial charge in [-0.1, -0.05) is 6.42 Å². The fourth-order valence-electron chi connectivity index (χ4n) is 3.29. The molecule has 72 valence electrons. The molecule has 1 heteroatoms. The number of fused-ring (bicyclic) bond motifs is 2. The molecule has 2 rings (SSSR count). The molecule has 0 aliphatic heterocycles. The first-order valence-corrected chi connectivity index (χ1v) is 5.48. The molecule has 0 aromatic carbocycles. The average Bonchev–Trinajstić information content (AvgIpc) is 2.65. The van der Waals surface area contributed by atoms with E-state index in [1.807, 2.05) is 0 Å². The summed E-state index contributed by atoms with van der Waals surface area (Å²) in [5, 5.41) is 0. The predicted octanol–water partition coefficient (Wildman–Crippen LogP) is 2.16. The lowest BCUT2D eigenvalue weighted by atomic mass is 9.84. The maximum absolute atomic E-state index is 5.95. The Balaban J connectivity index is 1.80. The molecule has 2 fully saturated rings. The molecular weight excluding hydrogens is 158 g/mol. The van der Waals surface area contributed by atoms with E-state index < -0.39 is 0 Å². The molecule has 2 saturated carbocycles. The molecule has 0 spiro atoms. The van der Waals surface area contributed by atoms with Crippen LogP contribution in [0.15, 0.2) is 0 Å². The van der Waals surface area contributed by atoms with E-state index in [-0.39, 0.29) is 6.04 Å². The van der Waals surface area contributed by atoms with Gasteiger partial charge in [-0.25, -0.2) is 0 Å². The first-order valence-electron chi connectivity index (χ1n) is 5.48. The highest BCUT2D eigenvalue weighted by Gasteiger charge is 2.39. The molecule has 0 radical (unpaired) electrons. The van der Waals surface area contributed by atoms with E-state index in [9.17, 15) is 0 Å². The van der Waals surface area contributed by atoms with Gasteiger partial charge in [-0.15, -0.1) is 12.3 Å². The van der Waals surface area contributed by atoms with Crippen LogP contribution >= 0.6 is 0 Å². The molecule has 1 nitrogen and oxygen atoms in total. The summed E-state index contributed by atoms with van der Waals surface area (Å²) >= 11 is 0. The van der Waals surface area contributed by atoms with Crippen molar-refractivity contribution in [2.45, 2.75) is 44.6 Å². The first-order chi connectivity index (χ1) is 6.29. The van der Waals surface area contributed by atoms with Gasteiger partial charge in [0.1, 0.15) is 0 Å². The van der Waals surface area contributed by atoms with Crippen molar-refractivity contribution in [2.75, 3.05) is 0 Å². The minimum absolute atomic E-state index is 0.259. The van der Waals surface area contributed by atoms with Crippen LogP contribution in [0.4, 0.5) is 0 Å². The Labute approximate surface area is 81.1 Å². The lowest BCUT2D eigenvalue weighted by Gasteiger charge is -2.23. The predicted molar refractivity (Wildman–Crippen MR) is 55.0 cm³/mol. The zero-order valence-electron chi connectivity index (χ0n) is 8.21. The number of nitrogens with two attached hydrogens (primary N) is 1. The molecule has 0 amide bonds. The summed E-state index contributed by atoms with van der Waals surface area (Å²) in [6.45, 7) is 0. The maximum Gasteiger partial charge on any atom is 0.0238 e. The SMILES string of the molecule is C#CCC(N)CC1CC2CCC1C2. The van der Waals surface area contributed by atoms with E-state index in [4.69, 9.17) is 12.2 Å². The van der Waals surface area contributed by atoms with Crippen LogP contribution in [0.25, 0.3) is 0 Å². The number of rotatable bonds is 3. The molecule has 4 unspecified atom stereocenters. The molecule has 0 saturated heterocycles. The molecule has 2 aliphatic carbocycles. The van der Waals surface area contributed by atoms with Crippen molar-refractivity contribution >= 4 is 0 Å². The monoisotopic (exact) mass is 177 g/mol. The van der Waals surface area contributed by atoms with Gasteiger partial charge < -0.3 is 5.73 Å². The molecule has 0 heterocycles. The Morgan fingerprint density at radius 1 is 1.38 bits per heavy atom. The quantitative estimate of drug-likeness (QED) is 0.657. The summed E-state index contributed by atoms with van der Waals surface area (Å²) in [5.74, 6) is 5.59. The molecule has 2 N–H and O–H groups in total. The Morgan fingerprint density at radius 3 is 2.77 bits per heavy atom. The van der Waals surface area contributed by atoms with E-state index in [0.29, 0.717) is 0 Å². The third-order valence-corrected chi connectivity index (χ3v) is 3.87. The largest absolute Gasteiger partial charge is 0.327 e. The van der Waals surface area contributed by atoms with Gasteiger partial charge in [0.25, 0.3) is 0 Å². The number of terminal acetylenes is 1. The Hall–Kier alpha value is -0.480. The number of hydrogen-bond donors (Lipinski definition) is 1. The van der Waals surface area contributed by atoms with Gasteiger partial charge in [0.2, 0.25) is 0 Å². The summed E-state index contributed by atoms with van der Waals surface area (Å²) in [6.07, 6.45) is 13.0. The van der Waals surface area contributed by atoms with Gasteiger partial charge in [-0.05, 0) is 43.4 Å². The van der Waals surface area contributed by atoms with Crippen molar-refractivity contribution in [3.63, 3.8) is 0 Å². The van der Waals surface area contributed by atoms with Crippen LogP contribution in [-0.4, -0.2) is 6.04 Å². The highest BCUT2D eigenvalue weighted by molar-refractivity contribution is 4.94. The summed E-state index contributed by atoms with van der Waals surface area (Å²) in [7, 11) is 0. The van der Waals surface area contributed by atoms with Crippen LogP contribution in [0.3, 0.4) is 0 Å². The topological polar surface area (TPSA) is 26.0 Å². The molecule has 0 aromatic heterocycles. The van der Waals surface area contributed by atoms with E-state index in [1.54, 1.807) is 0 Å². The van der Waals surface area contributed by atoms with Gasteiger partial charge in [-0.3, -0.25) is 0 Å². The normalized spacial score (nSPS) is 38.9. The van der Waals surface area contributed by atoms with Crippen LogP contribution in [-0.2, 0) is 0 Å². The van der Waals surface area contributed by atoms with Crippen LogP contribution in [0.5, 0.6) is 0 Å². The van der Waals surface area contributed by atoms with E-state index in [1.165, 1.54) is 32.1 Å². The zero-order chi connectivity index (χ0) is 9.26. The van der Waals surface area contributed by atoms with Gasteiger partial charge in [-0.2, -0.15) is 0 Å². The smallest absolute Gasteiger partial charge is 0.0238 e. The van der Waals surface area contributed by atoms with Crippen molar-refractivity contribution in [3.8, 4) is 12.3 Å². The lowest BCUT2D eigenvalue weighted by molar-refractivity contribution is 0.296. The minimum atomic E-state index is 0.259. The van der Waals surface area contributed by atoms with Crippen LogP contribution < -0.4 is 5.73 Å². The van der Waals surface area contributed by atoms with Gasteiger partial charge in [0.15, 0.2) is 0 Å². The van der Waals surface area contributed by atoms with Crippen molar-refractivity contribution in [1.82, 2.24) is 0 Å². The van der Waals surface area contributed by atoms with Crippen LogP contribution in [0.1, 0.15) is 38.5 Å². The first kappa shape index (κ1) is 9.09. The summed E-state index contributed by atoms with van der Waals surface area (Å²) in [4.78, 5) is 0. The maximum atomic E-state index is 5.95. The van der Waals surface area contributed by atoms with Crippen molar-refractivity contribution < 1.29 is 0 Å². The molecule has 4 atom stereocenters. The minimum Gasteiger partial charge on any atom is -0.327 e. The van der Waals surface area contributed by atoms with E-state index >= 15 is 0 Å². The average molecular weight is 177 g/mol. The lowest BCUT2D eigenvalue weighted by Crippen LogP contribution is -2.25. The standard InChI is InChI=1S/C12H19N/c1-2-3-12(13)8-11-7-9-4-5-10(11)6-9/h1,9-12H,3-8,13H2. The molecular formula is C12H19N. The summed E-state index contributed by atoms with van der Waals surface area (Å²) < 4.78 is 0. The third-order valence-electron chi connectivity index (χ3n) is 3.87. The molecule has 2 bridgehead atoms. The third kappa shape index (κ3) is 1.89. The molecule has 0 aromatic rings. The highest BCUT2D eigenvalue weighted by atomic mass is 14.6. The zero-order valence-corrected chi connectivity index (χ0v) is 8.21. The van der Waals surface area contributed by atoms with Crippen LogP contribution in [0.2, 0.25) is 0 Å². The van der Waals surface area contributed by atoms with Gasteiger partial charge in [0.05, 0.1) is 0 Å². The highest BCUT2D eigenvalue weighted by Crippen LogP contribution is 2.49. The molecule has 2 aliphatic rings.